The Hall–Kier alpha value is -1.34. The number of nitrogens with zero attached hydrogens (tertiary/aromatic N) is 1. The Morgan fingerprint density at radius 3 is 2.08 bits per heavy atom. The fourth-order valence-electron chi connectivity index (χ4n) is 8.42. The molecule has 18 atom stereocenters. The fraction of sp³-hybridized carbons (Fsp3) is 0.946. The van der Waals surface area contributed by atoms with Crippen molar-refractivity contribution in [1.82, 2.24) is 4.90 Å². The molecule has 6 N–H and O–H groups in total. The predicted molar refractivity (Wildman–Crippen MR) is 188 cm³/mol. The largest absolute Gasteiger partial charge is 0.459 e. The number of aliphatic hydroxyl groups excluding tert-OH is 4. The molecule has 0 spiro atoms. The molecule has 0 aromatic carbocycles. The minimum atomic E-state index is -2.15. The normalized spacial score (nSPS) is 49.0. The summed E-state index contributed by atoms with van der Waals surface area (Å²) in [5, 5.41) is 68.0. The summed E-state index contributed by atoms with van der Waals surface area (Å²) in [4.78, 5) is 29.8. The van der Waals surface area contributed by atoms with Crippen LogP contribution in [0.4, 0.5) is 0 Å². The number of cyclic esters (lactones) is 1. The first-order valence-corrected chi connectivity index (χ1v) is 18.6. The Labute approximate surface area is 308 Å². The van der Waals surface area contributed by atoms with Crippen molar-refractivity contribution in [2.45, 2.75) is 172 Å². The number of carbonyl (C=O) groups is 2. The van der Waals surface area contributed by atoms with Gasteiger partial charge in [-0.2, -0.15) is 0 Å². The van der Waals surface area contributed by atoms with Crippen LogP contribution in [0, 0.1) is 23.7 Å². The van der Waals surface area contributed by atoms with Gasteiger partial charge in [-0.05, 0) is 74.9 Å². The Balaban J connectivity index is 2.20. The monoisotopic (exact) mass is 749 g/mol. The van der Waals surface area contributed by atoms with Crippen LogP contribution in [0.3, 0.4) is 0 Å². The summed E-state index contributed by atoms with van der Waals surface area (Å²) in [6, 6.07) is -0.352. The third-order valence-electron chi connectivity index (χ3n) is 11.8. The lowest BCUT2D eigenvalue weighted by molar-refractivity contribution is -0.318. The summed E-state index contributed by atoms with van der Waals surface area (Å²) in [6.45, 7) is 13.6. The van der Waals surface area contributed by atoms with E-state index in [2.05, 4.69) is 0 Å². The minimum Gasteiger partial charge on any atom is -0.459 e. The molecule has 3 aliphatic rings. The van der Waals surface area contributed by atoms with Crippen molar-refractivity contribution in [2.75, 3.05) is 27.8 Å². The van der Waals surface area contributed by atoms with Crippen molar-refractivity contribution >= 4 is 11.8 Å². The smallest absolute Gasteiger partial charge is 0.311 e. The summed E-state index contributed by atoms with van der Waals surface area (Å²) in [5.41, 5.74) is -5.10. The molecular weight excluding hydrogens is 682 g/mol. The molecule has 0 aromatic rings. The number of rotatable bonds is 8. The van der Waals surface area contributed by atoms with Crippen LogP contribution >= 0.6 is 0 Å². The number of ketones is 1. The highest BCUT2D eigenvalue weighted by Crippen LogP contribution is 2.40. The summed E-state index contributed by atoms with van der Waals surface area (Å²) < 4.78 is 36.9. The van der Waals surface area contributed by atoms with Crippen molar-refractivity contribution in [1.29, 1.82) is 0 Å². The van der Waals surface area contributed by atoms with Gasteiger partial charge in [0.05, 0.1) is 60.2 Å². The second-order valence-electron chi connectivity index (χ2n) is 16.5. The molecule has 3 aliphatic heterocycles. The molecule has 304 valence electrons. The van der Waals surface area contributed by atoms with Gasteiger partial charge in [0.1, 0.15) is 29.7 Å². The second kappa shape index (κ2) is 17.6. The quantitative estimate of drug-likeness (QED) is 0.189. The molecule has 3 fully saturated rings. The number of hydrogen-bond donors (Lipinski definition) is 6. The van der Waals surface area contributed by atoms with Crippen molar-refractivity contribution in [3.63, 3.8) is 0 Å². The van der Waals surface area contributed by atoms with E-state index in [1.807, 2.05) is 25.9 Å². The van der Waals surface area contributed by atoms with Gasteiger partial charge in [-0.3, -0.25) is 9.59 Å². The number of hydrogen-bond acceptors (Lipinski definition) is 15. The van der Waals surface area contributed by atoms with Crippen LogP contribution in [0.1, 0.15) is 88.0 Å². The van der Waals surface area contributed by atoms with E-state index in [4.69, 9.17) is 28.4 Å². The zero-order chi connectivity index (χ0) is 39.7. The lowest BCUT2D eigenvalue weighted by atomic mass is 9.73. The first kappa shape index (κ1) is 45.1. The predicted octanol–water partition coefficient (Wildman–Crippen LogP) is 0.758. The minimum absolute atomic E-state index is 0.0569. The lowest BCUT2D eigenvalue weighted by Crippen LogP contribution is -2.61. The molecule has 15 heteroatoms. The van der Waals surface area contributed by atoms with Crippen LogP contribution < -0.4 is 0 Å². The van der Waals surface area contributed by atoms with Crippen LogP contribution in [0.25, 0.3) is 0 Å². The van der Waals surface area contributed by atoms with Crippen LogP contribution in [-0.2, 0) is 38.0 Å². The molecule has 52 heavy (non-hydrogen) atoms. The van der Waals surface area contributed by atoms with E-state index in [9.17, 15) is 40.2 Å². The van der Waals surface area contributed by atoms with Crippen molar-refractivity contribution in [3.8, 4) is 0 Å². The zero-order valence-corrected chi connectivity index (χ0v) is 33.1. The van der Waals surface area contributed by atoms with E-state index >= 15 is 0 Å². The van der Waals surface area contributed by atoms with E-state index in [-0.39, 0.29) is 31.4 Å². The molecule has 3 heterocycles. The molecule has 0 saturated carbocycles. The summed E-state index contributed by atoms with van der Waals surface area (Å²) in [5.74, 6) is -5.90. The third kappa shape index (κ3) is 9.54. The van der Waals surface area contributed by atoms with Crippen molar-refractivity contribution in [3.05, 3.63) is 0 Å². The molecule has 15 nitrogen and oxygen atoms in total. The third-order valence-corrected chi connectivity index (χ3v) is 11.8. The molecule has 3 saturated heterocycles. The van der Waals surface area contributed by atoms with Gasteiger partial charge in [0.25, 0.3) is 0 Å². The first-order valence-electron chi connectivity index (χ1n) is 18.6. The highest BCUT2D eigenvalue weighted by molar-refractivity contribution is 5.84. The van der Waals surface area contributed by atoms with Gasteiger partial charge in [0.2, 0.25) is 0 Å². The van der Waals surface area contributed by atoms with Gasteiger partial charge in [-0.1, -0.05) is 20.8 Å². The number of carbonyl (C=O) groups excluding carboxylic acids is 2. The summed E-state index contributed by atoms with van der Waals surface area (Å²) in [6.07, 6.45) is -10.6. The van der Waals surface area contributed by atoms with E-state index in [0.29, 0.717) is 6.42 Å². The maximum absolute atomic E-state index is 14.1. The number of methoxy groups -OCH3 is 1. The molecule has 0 aromatic heterocycles. The topological polar surface area (TPSA) is 214 Å². The van der Waals surface area contributed by atoms with E-state index < -0.39 is 114 Å². The molecule has 0 amide bonds. The first-order chi connectivity index (χ1) is 24.0. The number of aliphatic hydroxyl groups is 6. The lowest BCUT2D eigenvalue weighted by Gasteiger charge is -2.49. The van der Waals surface area contributed by atoms with Crippen LogP contribution in [0.15, 0.2) is 0 Å². The average Bonchev–Trinajstić information content (AvgIpc) is 3.06. The number of ether oxygens (including phenoxy) is 6. The highest BCUT2D eigenvalue weighted by atomic mass is 16.7. The second-order valence-corrected chi connectivity index (χ2v) is 16.5. The molecule has 3 rings (SSSR count). The maximum Gasteiger partial charge on any atom is 0.311 e. The SMILES string of the molecule is CC[C@H]1OC(=O)[C@H](C)[C@@H](O[C@H]2C[C@@](C)(OC)[C@@H](O)[C@H](C)O2)[C@H](C)[C@@H](O[C@@H]2O[C@H](C)C[C@H](N(C)C)[C@H]2O)[C@](C)(O)C[C@@H](C)C(=O)[C@H](CO)[C@@H](O)[C@]1(C)O. The van der Waals surface area contributed by atoms with Gasteiger partial charge < -0.3 is 64.0 Å². The molecule has 0 unspecified atom stereocenters. The Morgan fingerprint density at radius 1 is 0.923 bits per heavy atom. The van der Waals surface area contributed by atoms with E-state index in [0.717, 1.165) is 0 Å². The fourth-order valence-corrected chi connectivity index (χ4v) is 8.42. The Bertz CT molecular complexity index is 1190. The van der Waals surface area contributed by atoms with Crippen molar-refractivity contribution in [2.24, 2.45) is 23.7 Å². The standard InChI is InChI=1S/C37H67NO14/c1-13-25-37(9,46)31(43)23(17-39)27(40)18(2)15-35(7,45)32(52-34-28(41)24(38(10)11)14-19(3)48-34)20(4)29(21(5)33(44)50-25)51-26-16-36(8,47-12)30(42)22(6)49-26/h18-26,28-32,34,39,41-43,45-46H,13-17H2,1-12H3/t18-,19-,20+,21-,22+,23+,24+,25-,26+,28-,29+,30+,31-,32-,34+,35-,36-,37-/m1/s1. The van der Waals surface area contributed by atoms with E-state index in [1.54, 1.807) is 41.5 Å². The van der Waals surface area contributed by atoms with Gasteiger partial charge in [0, 0.05) is 31.4 Å². The van der Waals surface area contributed by atoms with Gasteiger partial charge in [0.15, 0.2) is 12.6 Å². The van der Waals surface area contributed by atoms with Crippen LogP contribution in [0.2, 0.25) is 0 Å². The van der Waals surface area contributed by atoms with Gasteiger partial charge in [-0.25, -0.2) is 0 Å². The average molecular weight is 750 g/mol. The molecule has 0 aliphatic carbocycles. The Kier molecular flexibility index (Phi) is 15.3. The summed E-state index contributed by atoms with van der Waals surface area (Å²) >= 11 is 0. The number of likely N-dealkylation sites (N-methyl/N-ethyl adjacent to an activating group) is 1. The highest BCUT2D eigenvalue weighted by Gasteiger charge is 2.54. The van der Waals surface area contributed by atoms with Gasteiger partial charge in [-0.15, -0.1) is 0 Å². The van der Waals surface area contributed by atoms with Crippen LogP contribution in [-0.4, -0.2) is 159 Å². The number of Topliss-reactive ketones (excluding diaryl/α,β-unsaturated/α-hetero) is 1. The van der Waals surface area contributed by atoms with Crippen LogP contribution in [0.5, 0.6) is 0 Å². The zero-order valence-electron chi connectivity index (χ0n) is 33.1. The van der Waals surface area contributed by atoms with E-state index in [1.165, 1.54) is 21.0 Å². The molecule has 0 bridgehead atoms. The molecule has 0 radical (unpaired) electrons. The molecular formula is C37H67NO14. The number of esters is 1. The summed E-state index contributed by atoms with van der Waals surface area (Å²) in [7, 11) is 5.13. The maximum atomic E-state index is 14.1. The van der Waals surface area contributed by atoms with Crippen molar-refractivity contribution < 1.29 is 68.6 Å². The van der Waals surface area contributed by atoms with Gasteiger partial charge >= 0.3 is 5.97 Å². The Morgan fingerprint density at radius 2 is 1.54 bits per heavy atom.